The normalized spacial score (nSPS) is 10.4. The van der Waals surface area contributed by atoms with E-state index < -0.39 is 4.92 Å². The monoisotopic (exact) mass is 414 g/mol. The van der Waals surface area contributed by atoms with E-state index in [0.29, 0.717) is 16.8 Å². The van der Waals surface area contributed by atoms with Crippen LogP contribution in [0.5, 0.6) is 5.75 Å². The Morgan fingerprint density at radius 1 is 1.14 bits per heavy atom. The first-order chi connectivity index (χ1) is 10.0. The second kappa shape index (κ2) is 7.02. The van der Waals surface area contributed by atoms with Gasteiger partial charge in [-0.2, -0.15) is 0 Å². The number of para-hydroxylation sites is 1. The maximum absolute atomic E-state index is 10.7. The standard InChI is InChI=1S/C14H12Br2N2O3/c15-12-3-1-2-9(7-17)14(12)21-8-10-4-5-11(18(19)20)6-13(10)16/h1-6H,7-8,17H2. The lowest BCUT2D eigenvalue weighted by molar-refractivity contribution is -0.384. The fourth-order valence-corrected chi connectivity index (χ4v) is 2.80. The van der Waals surface area contributed by atoms with E-state index in [1.165, 1.54) is 12.1 Å². The van der Waals surface area contributed by atoms with E-state index in [9.17, 15) is 10.1 Å². The number of nitro groups is 1. The van der Waals surface area contributed by atoms with Crippen LogP contribution in [0.2, 0.25) is 0 Å². The van der Waals surface area contributed by atoms with E-state index in [-0.39, 0.29) is 12.3 Å². The number of halogens is 2. The first-order valence-corrected chi connectivity index (χ1v) is 7.64. The molecule has 21 heavy (non-hydrogen) atoms. The zero-order valence-corrected chi connectivity index (χ0v) is 14.1. The molecule has 0 saturated carbocycles. The van der Waals surface area contributed by atoms with E-state index in [0.717, 1.165) is 15.6 Å². The van der Waals surface area contributed by atoms with Crippen molar-refractivity contribution in [1.82, 2.24) is 0 Å². The Balaban J connectivity index is 2.19. The third-order valence-corrected chi connectivity index (χ3v) is 4.25. The van der Waals surface area contributed by atoms with E-state index in [4.69, 9.17) is 10.5 Å². The van der Waals surface area contributed by atoms with Gasteiger partial charge >= 0.3 is 0 Å². The maximum Gasteiger partial charge on any atom is 0.270 e. The first-order valence-electron chi connectivity index (χ1n) is 6.06. The quantitative estimate of drug-likeness (QED) is 0.587. The summed E-state index contributed by atoms with van der Waals surface area (Å²) in [5.74, 6) is 0.685. The highest BCUT2D eigenvalue weighted by Gasteiger charge is 2.11. The molecule has 2 N–H and O–H groups in total. The van der Waals surface area contributed by atoms with Gasteiger partial charge in [0.15, 0.2) is 0 Å². The summed E-state index contributed by atoms with van der Waals surface area (Å²) in [6.45, 7) is 0.657. The summed E-state index contributed by atoms with van der Waals surface area (Å²) < 4.78 is 7.26. The number of nitro benzene ring substituents is 1. The Labute approximate surface area is 138 Å². The molecular formula is C14H12Br2N2O3. The first kappa shape index (κ1) is 15.9. The summed E-state index contributed by atoms with van der Waals surface area (Å²) in [5, 5.41) is 10.7. The van der Waals surface area contributed by atoms with Crippen LogP contribution in [0.1, 0.15) is 11.1 Å². The molecule has 2 aromatic rings. The Bertz CT molecular complexity index is 677. The van der Waals surface area contributed by atoms with Crippen LogP contribution in [0.15, 0.2) is 45.3 Å². The number of nitrogens with two attached hydrogens (primary N) is 1. The molecule has 0 fully saturated rings. The van der Waals surface area contributed by atoms with Crippen molar-refractivity contribution in [1.29, 1.82) is 0 Å². The molecule has 5 nitrogen and oxygen atoms in total. The van der Waals surface area contributed by atoms with Gasteiger partial charge in [0.1, 0.15) is 12.4 Å². The Hall–Kier alpha value is -1.44. The molecular weight excluding hydrogens is 404 g/mol. The minimum Gasteiger partial charge on any atom is -0.487 e. The molecule has 0 aromatic heterocycles. The van der Waals surface area contributed by atoms with Crippen molar-refractivity contribution in [2.24, 2.45) is 5.73 Å². The molecule has 0 heterocycles. The molecule has 0 radical (unpaired) electrons. The zero-order valence-electron chi connectivity index (χ0n) is 10.9. The Morgan fingerprint density at radius 3 is 2.52 bits per heavy atom. The second-order valence-electron chi connectivity index (χ2n) is 4.25. The molecule has 0 aliphatic carbocycles. The van der Waals surface area contributed by atoms with Gasteiger partial charge in [-0.25, -0.2) is 0 Å². The predicted molar refractivity (Wildman–Crippen MR) is 87.2 cm³/mol. The highest BCUT2D eigenvalue weighted by atomic mass is 79.9. The van der Waals surface area contributed by atoms with Gasteiger partial charge in [-0.1, -0.05) is 28.1 Å². The van der Waals surface area contributed by atoms with Gasteiger partial charge in [0.2, 0.25) is 0 Å². The summed E-state index contributed by atoms with van der Waals surface area (Å²) >= 11 is 6.75. The number of nitrogens with zero attached hydrogens (tertiary/aromatic N) is 1. The van der Waals surface area contributed by atoms with Crippen molar-refractivity contribution >= 4 is 37.5 Å². The average molecular weight is 416 g/mol. The van der Waals surface area contributed by atoms with Crippen molar-refractivity contribution in [2.45, 2.75) is 13.2 Å². The SMILES string of the molecule is NCc1cccc(Br)c1OCc1ccc([N+](=O)[O-])cc1Br. The van der Waals surface area contributed by atoms with Crippen molar-refractivity contribution in [3.8, 4) is 5.75 Å². The molecule has 0 atom stereocenters. The van der Waals surface area contributed by atoms with Gasteiger partial charge in [-0.15, -0.1) is 0 Å². The molecule has 0 amide bonds. The summed E-state index contributed by atoms with van der Waals surface area (Å²) in [7, 11) is 0. The molecule has 7 heteroatoms. The van der Waals surface area contributed by atoms with Gasteiger partial charge in [-0.05, 0) is 28.1 Å². The molecule has 0 saturated heterocycles. The number of hydrogen-bond acceptors (Lipinski definition) is 4. The number of hydrogen-bond donors (Lipinski definition) is 1. The lowest BCUT2D eigenvalue weighted by Gasteiger charge is -2.13. The zero-order chi connectivity index (χ0) is 15.4. The summed E-state index contributed by atoms with van der Waals surface area (Å²) in [6, 6.07) is 10.2. The fraction of sp³-hybridized carbons (Fsp3) is 0.143. The van der Waals surface area contributed by atoms with Crippen LogP contribution in [-0.2, 0) is 13.2 Å². The van der Waals surface area contributed by atoms with Crippen molar-refractivity contribution in [2.75, 3.05) is 0 Å². The number of ether oxygens (including phenoxy) is 1. The smallest absolute Gasteiger partial charge is 0.270 e. The number of benzene rings is 2. The van der Waals surface area contributed by atoms with Crippen LogP contribution in [0.3, 0.4) is 0 Å². The molecule has 0 aliphatic rings. The van der Waals surface area contributed by atoms with E-state index in [1.807, 2.05) is 18.2 Å². The van der Waals surface area contributed by atoms with Crippen LogP contribution in [0, 0.1) is 10.1 Å². The Morgan fingerprint density at radius 2 is 1.90 bits per heavy atom. The molecule has 2 rings (SSSR count). The van der Waals surface area contributed by atoms with Crippen LogP contribution in [0.4, 0.5) is 5.69 Å². The largest absolute Gasteiger partial charge is 0.487 e. The summed E-state index contributed by atoms with van der Waals surface area (Å²) in [5.41, 5.74) is 7.43. The Kier molecular flexibility index (Phi) is 5.33. The summed E-state index contributed by atoms with van der Waals surface area (Å²) in [6.07, 6.45) is 0. The fourth-order valence-electron chi connectivity index (χ4n) is 1.79. The van der Waals surface area contributed by atoms with Crippen LogP contribution in [0.25, 0.3) is 0 Å². The van der Waals surface area contributed by atoms with E-state index in [1.54, 1.807) is 6.07 Å². The predicted octanol–water partition coefficient (Wildman–Crippen LogP) is 4.16. The lowest BCUT2D eigenvalue weighted by atomic mass is 10.2. The second-order valence-corrected chi connectivity index (χ2v) is 5.96. The van der Waals surface area contributed by atoms with E-state index in [2.05, 4.69) is 31.9 Å². The third-order valence-electron chi connectivity index (χ3n) is 2.89. The van der Waals surface area contributed by atoms with Gasteiger partial charge in [0.05, 0.1) is 9.40 Å². The van der Waals surface area contributed by atoms with Crippen LogP contribution >= 0.6 is 31.9 Å². The molecule has 110 valence electrons. The average Bonchev–Trinajstić information content (AvgIpc) is 2.46. The van der Waals surface area contributed by atoms with Gasteiger partial charge in [-0.3, -0.25) is 10.1 Å². The molecule has 2 aromatic carbocycles. The van der Waals surface area contributed by atoms with Gasteiger partial charge in [0.25, 0.3) is 5.69 Å². The van der Waals surface area contributed by atoms with Crippen molar-refractivity contribution in [3.63, 3.8) is 0 Å². The van der Waals surface area contributed by atoms with Crippen molar-refractivity contribution < 1.29 is 9.66 Å². The molecule has 0 aliphatic heterocycles. The maximum atomic E-state index is 10.7. The topological polar surface area (TPSA) is 78.4 Å². The lowest BCUT2D eigenvalue weighted by Crippen LogP contribution is -2.04. The van der Waals surface area contributed by atoms with Crippen LogP contribution < -0.4 is 10.5 Å². The molecule has 0 unspecified atom stereocenters. The van der Waals surface area contributed by atoms with Gasteiger partial charge in [0, 0.05) is 34.3 Å². The van der Waals surface area contributed by atoms with Crippen LogP contribution in [-0.4, -0.2) is 4.92 Å². The minimum absolute atomic E-state index is 0.0363. The van der Waals surface area contributed by atoms with E-state index >= 15 is 0 Å². The third kappa shape index (κ3) is 3.81. The van der Waals surface area contributed by atoms with Gasteiger partial charge < -0.3 is 10.5 Å². The van der Waals surface area contributed by atoms with Crippen molar-refractivity contribution in [3.05, 3.63) is 66.6 Å². The highest BCUT2D eigenvalue weighted by molar-refractivity contribution is 9.10. The highest BCUT2D eigenvalue weighted by Crippen LogP contribution is 2.31. The number of non-ortho nitro benzene ring substituents is 1. The molecule has 0 spiro atoms. The summed E-state index contributed by atoms with van der Waals surface area (Å²) in [4.78, 5) is 10.3. The minimum atomic E-state index is -0.435. The number of rotatable bonds is 5. The molecule has 0 bridgehead atoms.